The van der Waals surface area contributed by atoms with E-state index in [1.54, 1.807) is 12.1 Å². The van der Waals surface area contributed by atoms with Crippen LogP contribution in [0.4, 0.5) is 13.2 Å². The van der Waals surface area contributed by atoms with E-state index in [-0.39, 0.29) is 5.75 Å². The van der Waals surface area contributed by atoms with Crippen LogP contribution in [0.3, 0.4) is 0 Å². The smallest absolute Gasteiger partial charge is 0.406 e. The molecule has 1 aromatic heterocycles. The van der Waals surface area contributed by atoms with Gasteiger partial charge in [-0.25, -0.2) is 0 Å². The number of unbranched alkanes of at least 4 members (excludes halogenated alkanes) is 1. The third kappa shape index (κ3) is 7.05. The predicted molar refractivity (Wildman–Crippen MR) is 167 cm³/mol. The van der Waals surface area contributed by atoms with Crippen molar-refractivity contribution in [3.63, 3.8) is 0 Å². The van der Waals surface area contributed by atoms with Gasteiger partial charge in [-0.3, -0.25) is 9.80 Å². The zero-order chi connectivity index (χ0) is 30.0. The summed E-state index contributed by atoms with van der Waals surface area (Å²) in [4.78, 5) is 5.14. The van der Waals surface area contributed by atoms with Crippen LogP contribution >= 0.6 is 11.6 Å². The highest BCUT2D eigenvalue weighted by Crippen LogP contribution is 2.42. The summed E-state index contributed by atoms with van der Waals surface area (Å²) < 4.78 is 44.5. The monoisotopic (exact) mass is 609 g/mol. The van der Waals surface area contributed by atoms with Gasteiger partial charge in [0.2, 0.25) is 0 Å². The molecule has 1 spiro atoms. The molecule has 0 radical (unpaired) electrons. The molecule has 0 aliphatic carbocycles. The highest BCUT2D eigenvalue weighted by Gasteiger charge is 2.40. The van der Waals surface area contributed by atoms with Crippen LogP contribution in [0.2, 0.25) is 5.02 Å². The van der Waals surface area contributed by atoms with Crippen molar-refractivity contribution in [3.05, 3.63) is 89.1 Å². The molecule has 3 heterocycles. The number of hydrogen-bond acceptors (Lipinski definition) is 3. The van der Waals surface area contributed by atoms with Gasteiger partial charge in [0.05, 0.1) is 0 Å². The number of ether oxygens (including phenoxy) is 1. The number of rotatable bonds is 9. The maximum Gasteiger partial charge on any atom is 0.573 e. The molecule has 228 valence electrons. The van der Waals surface area contributed by atoms with Gasteiger partial charge in [0.15, 0.2) is 0 Å². The predicted octanol–water partition coefficient (Wildman–Crippen LogP) is 9.15. The Morgan fingerprint density at radius 3 is 2.30 bits per heavy atom. The molecular weight excluding hydrogens is 571 g/mol. The Morgan fingerprint density at radius 1 is 0.884 bits per heavy atom. The molecule has 0 unspecified atom stereocenters. The molecule has 0 saturated carbocycles. The third-order valence-electron chi connectivity index (χ3n) is 9.29. The van der Waals surface area contributed by atoms with Gasteiger partial charge in [-0.15, -0.1) is 13.2 Å². The summed E-state index contributed by atoms with van der Waals surface area (Å²) in [5.74, 6) is -0.204. The highest BCUT2D eigenvalue weighted by atomic mass is 35.5. The lowest BCUT2D eigenvalue weighted by Crippen LogP contribution is -2.41. The lowest BCUT2D eigenvalue weighted by atomic mass is 9.77. The van der Waals surface area contributed by atoms with Gasteiger partial charge in [0.25, 0.3) is 0 Å². The van der Waals surface area contributed by atoms with Crippen LogP contribution in [-0.2, 0) is 19.6 Å². The van der Waals surface area contributed by atoms with E-state index in [0.29, 0.717) is 5.41 Å². The van der Waals surface area contributed by atoms with E-state index in [9.17, 15) is 13.2 Å². The quantitative estimate of drug-likeness (QED) is 0.189. The summed E-state index contributed by atoms with van der Waals surface area (Å²) in [6.45, 7) is 9.33. The van der Waals surface area contributed by atoms with Gasteiger partial charge in [-0.2, -0.15) is 0 Å². The van der Waals surface area contributed by atoms with Crippen molar-refractivity contribution in [3.8, 4) is 16.9 Å². The standard InChI is InChI=1S/C35H39ClF3N3O/c1-2-3-17-42-24-31(27-9-11-29(12-10-27)43-35(37,38)39)30-21-26(8-13-33(30)42)22-41-20-16-34(25-41)14-18-40(19-15-34)23-28-6-4-5-7-32(28)36/h4-13,21,24H,2-3,14-20,22-23,25H2,1H3. The zero-order valence-electron chi connectivity index (χ0n) is 24.7. The van der Waals surface area contributed by atoms with Crippen molar-refractivity contribution >= 4 is 22.5 Å². The van der Waals surface area contributed by atoms with E-state index < -0.39 is 6.36 Å². The van der Waals surface area contributed by atoms with Gasteiger partial charge in [-0.05, 0) is 97.8 Å². The maximum atomic E-state index is 12.7. The Kier molecular flexibility index (Phi) is 8.77. The fourth-order valence-corrected chi connectivity index (χ4v) is 7.10. The second kappa shape index (κ2) is 12.5. The Hall–Kier alpha value is -3.00. The first-order valence-electron chi connectivity index (χ1n) is 15.4. The van der Waals surface area contributed by atoms with Crippen LogP contribution in [0.15, 0.2) is 72.9 Å². The molecule has 0 N–H and O–H groups in total. The van der Waals surface area contributed by atoms with Crippen LogP contribution in [0.25, 0.3) is 22.0 Å². The van der Waals surface area contributed by atoms with E-state index in [0.717, 1.165) is 85.7 Å². The Balaban J connectivity index is 1.15. The van der Waals surface area contributed by atoms with Crippen LogP contribution in [0.1, 0.15) is 50.2 Å². The number of piperidine rings is 1. The number of fused-ring (bicyclic) bond motifs is 1. The molecule has 0 amide bonds. The van der Waals surface area contributed by atoms with E-state index in [4.69, 9.17) is 11.6 Å². The lowest BCUT2D eigenvalue weighted by Gasteiger charge is -2.39. The number of benzene rings is 3. The summed E-state index contributed by atoms with van der Waals surface area (Å²) in [5.41, 5.74) is 5.94. The SMILES string of the molecule is CCCCn1cc(-c2ccc(OC(F)(F)F)cc2)c2cc(CN3CCC4(CCN(Cc5ccccc5Cl)CC4)C3)ccc21. The third-order valence-corrected chi connectivity index (χ3v) is 9.66. The summed E-state index contributed by atoms with van der Waals surface area (Å²) in [5, 5.41) is 1.99. The van der Waals surface area contributed by atoms with Crippen molar-refractivity contribution in [1.82, 2.24) is 14.4 Å². The van der Waals surface area contributed by atoms with Gasteiger partial charge in [-0.1, -0.05) is 61.3 Å². The van der Waals surface area contributed by atoms with Crippen molar-refractivity contribution < 1.29 is 17.9 Å². The largest absolute Gasteiger partial charge is 0.573 e. The number of likely N-dealkylation sites (tertiary alicyclic amines) is 2. The van der Waals surface area contributed by atoms with Gasteiger partial charge < -0.3 is 9.30 Å². The fraction of sp³-hybridized carbons (Fsp3) is 0.429. The fourth-order valence-electron chi connectivity index (χ4n) is 6.90. The van der Waals surface area contributed by atoms with Crippen molar-refractivity contribution in [2.75, 3.05) is 26.2 Å². The molecule has 4 aromatic rings. The minimum absolute atomic E-state index is 0.204. The van der Waals surface area contributed by atoms with Crippen LogP contribution in [-0.4, -0.2) is 46.9 Å². The molecule has 2 fully saturated rings. The second-order valence-corrected chi connectivity index (χ2v) is 12.7. The highest BCUT2D eigenvalue weighted by molar-refractivity contribution is 6.31. The Bertz CT molecular complexity index is 1540. The van der Waals surface area contributed by atoms with Crippen molar-refractivity contribution in [1.29, 1.82) is 0 Å². The van der Waals surface area contributed by atoms with E-state index in [2.05, 4.69) is 62.6 Å². The molecule has 6 rings (SSSR count). The van der Waals surface area contributed by atoms with Crippen LogP contribution in [0, 0.1) is 5.41 Å². The molecule has 3 aromatic carbocycles. The molecule has 8 heteroatoms. The first-order chi connectivity index (χ1) is 20.7. The summed E-state index contributed by atoms with van der Waals surface area (Å²) in [6.07, 6.45) is 3.26. The second-order valence-electron chi connectivity index (χ2n) is 12.3. The van der Waals surface area contributed by atoms with Gasteiger partial charge in [0.1, 0.15) is 5.75 Å². The normalized spacial score (nSPS) is 17.7. The first-order valence-corrected chi connectivity index (χ1v) is 15.7. The molecule has 0 bridgehead atoms. The average Bonchev–Trinajstić information content (AvgIpc) is 3.54. The number of alkyl halides is 3. The number of aryl methyl sites for hydroxylation is 1. The first kappa shape index (κ1) is 30.0. The summed E-state index contributed by atoms with van der Waals surface area (Å²) >= 11 is 6.41. The molecule has 0 atom stereocenters. The molecule has 2 saturated heterocycles. The van der Waals surface area contributed by atoms with Crippen LogP contribution < -0.4 is 4.74 Å². The average molecular weight is 610 g/mol. The van der Waals surface area contributed by atoms with E-state index in [1.807, 2.05) is 12.1 Å². The van der Waals surface area contributed by atoms with Gasteiger partial charge in [0, 0.05) is 53.9 Å². The maximum absolute atomic E-state index is 12.7. The minimum atomic E-state index is -4.70. The zero-order valence-corrected chi connectivity index (χ0v) is 25.4. The molecule has 4 nitrogen and oxygen atoms in total. The summed E-state index contributed by atoms with van der Waals surface area (Å²) in [6, 6.07) is 21.1. The molecular formula is C35H39ClF3N3O. The molecule has 43 heavy (non-hydrogen) atoms. The topological polar surface area (TPSA) is 20.6 Å². The summed E-state index contributed by atoms with van der Waals surface area (Å²) in [7, 11) is 0. The van der Waals surface area contributed by atoms with E-state index >= 15 is 0 Å². The Morgan fingerprint density at radius 2 is 1.60 bits per heavy atom. The Labute approximate surface area is 257 Å². The minimum Gasteiger partial charge on any atom is -0.406 e. The number of halogens is 4. The molecule has 2 aliphatic heterocycles. The van der Waals surface area contributed by atoms with Crippen LogP contribution in [0.5, 0.6) is 5.75 Å². The van der Waals surface area contributed by atoms with E-state index in [1.165, 1.54) is 42.5 Å². The number of hydrogen-bond donors (Lipinski definition) is 0. The number of nitrogens with zero attached hydrogens (tertiary/aromatic N) is 3. The lowest BCUT2D eigenvalue weighted by molar-refractivity contribution is -0.274. The van der Waals surface area contributed by atoms with Gasteiger partial charge >= 0.3 is 6.36 Å². The number of aromatic nitrogens is 1. The van der Waals surface area contributed by atoms with Crippen molar-refractivity contribution in [2.45, 2.75) is 65.0 Å². The molecule has 2 aliphatic rings. The van der Waals surface area contributed by atoms with Crippen molar-refractivity contribution in [2.24, 2.45) is 5.41 Å².